The topological polar surface area (TPSA) is 37.2 Å². The number of hydrogen-bond donors (Lipinski definition) is 0. The summed E-state index contributed by atoms with van der Waals surface area (Å²) in [5.74, 6) is -0.398. The zero-order chi connectivity index (χ0) is 24.8. The fraction of sp³-hybridized carbons (Fsp3) is 0.375. The molecule has 178 valence electrons. The highest BCUT2D eigenvalue weighted by atomic mass is 35.6. The second kappa shape index (κ2) is 10.4. The van der Waals surface area contributed by atoms with E-state index in [1.807, 2.05) is 0 Å². The molecule has 1 unspecified atom stereocenters. The summed E-state index contributed by atoms with van der Waals surface area (Å²) in [6.45, 7) is 0. The Balaban J connectivity index is 2.86. The Bertz CT molecular complexity index is 922. The molecule has 1 aromatic rings. The van der Waals surface area contributed by atoms with Gasteiger partial charge in [-0.05, 0) is 23.8 Å². The predicted molar refractivity (Wildman–Crippen MR) is 143 cm³/mol. The van der Waals surface area contributed by atoms with E-state index in [4.69, 9.17) is 144 Å². The number of methoxy groups -OCH3 is 1. The van der Waals surface area contributed by atoms with Gasteiger partial charge in [-0.1, -0.05) is 157 Å². The van der Waals surface area contributed by atoms with E-state index in [0.717, 1.165) is 4.90 Å². The molecule has 2 rings (SSSR count). The molecule has 0 spiro atoms. The van der Waals surface area contributed by atoms with Crippen LogP contribution in [0.1, 0.15) is 5.56 Å². The lowest BCUT2D eigenvalue weighted by atomic mass is 10.1. The lowest BCUT2D eigenvalue weighted by molar-refractivity contribution is 0.231. The van der Waals surface area contributed by atoms with Crippen molar-refractivity contribution in [2.24, 2.45) is 9.98 Å². The van der Waals surface area contributed by atoms with Crippen molar-refractivity contribution in [3.05, 3.63) is 35.9 Å². The second-order valence-electron chi connectivity index (χ2n) is 6.00. The van der Waals surface area contributed by atoms with Gasteiger partial charge in [0, 0.05) is 0 Å². The molecule has 32 heavy (non-hydrogen) atoms. The van der Waals surface area contributed by atoms with Gasteiger partial charge in [-0.15, -0.1) is 0 Å². The van der Waals surface area contributed by atoms with Crippen LogP contribution in [0.15, 0.2) is 40.3 Å². The maximum Gasteiger partial charge on any atom is 0.271 e. The third kappa shape index (κ3) is 6.78. The standard InChI is InChI=1S/C16H9Cl12N3O/c1-32-9-4-2-8(3-5-9)6-7-12(15(23,24)25)30-10(13(17,18)19)29-11(14(20,21)22)31(12)16(26,27)28/h2-7H,1H3. The molecular weight excluding hydrogens is 676 g/mol. The Morgan fingerprint density at radius 1 is 0.844 bits per heavy atom. The third-order valence-corrected chi connectivity index (χ3v) is 6.20. The summed E-state index contributed by atoms with van der Waals surface area (Å²) < 4.78 is -4.20. The van der Waals surface area contributed by atoms with Crippen molar-refractivity contribution in [2.75, 3.05) is 7.11 Å². The number of amidine groups is 2. The van der Waals surface area contributed by atoms with E-state index in [0.29, 0.717) is 11.3 Å². The Morgan fingerprint density at radius 3 is 1.75 bits per heavy atom. The molecule has 0 aliphatic carbocycles. The van der Waals surface area contributed by atoms with Crippen LogP contribution in [-0.2, 0) is 0 Å². The predicted octanol–water partition coefficient (Wildman–Crippen LogP) is 8.96. The lowest BCUT2D eigenvalue weighted by Crippen LogP contribution is -2.66. The summed E-state index contributed by atoms with van der Waals surface area (Å²) in [6, 6.07) is 6.79. The monoisotopic (exact) mass is 679 g/mol. The summed E-state index contributed by atoms with van der Waals surface area (Å²) in [5, 5.41) is 0. The van der Waals surface area contributed by atoms with Crippen molar-refractivity contribution in [1.29, 1.82) is 0 Å². The van der Waals surface area contributed by atoms with Crippen LogP contribution < -0.4 is 4.74 Å². The first kappa shape index (κ1) is 29.6. The van der Waals surface area contributed by atoms with Gasteiger partial charge in [-0.2, -0.15) is 0 Å². The Hall–Kier alpha value is 1.38. The van der Waals surface area contributed by atoms with E-state index in [2.05, 4.69) is 9.98 Å². The Labute approximate surface area is 244 Å². The van der Waals surface area contributed by atoms with E-state index >= 15 is 0 Å². The number of alkyl halides is 12. The molecule has 4 nitrogen and oxygen atoms in total. The van der Waals surface area contributed by atoms with Crippen LogP contribution in [0, 0.1) is 0 Å². The molecule has 0 N–H and O–H groups in total. The quantitative estimate of drug-likeness (QED) is 0.236. The van der Waals surface area contributed by atoms with E-state index in [-0.39, 0.29) is 0 Å². The van der Waals surface area contributed by atoms with E-state index < -0.39 is 32.6 Å². The molecule has 1 heterocycles. The van der Waals surface area contributed by atoms with Gasteiger partial charge in [0.15, 0.2) is 11.7 Å². The molecule has 1 aliphatic rings. The van der Waals surface area contributed by atoms with Crippen molar-refractivity contribution in [1.82, 2.24) is 4.90 Å². The van der Waals surface area contributed by atoms with Crippen LogP contribution in [0.25, 0.3) is 6.08 Å². The van der Waals surface area contributed by atoms with Gasteiger partial charge >= 0.3 is 0 Å². The molecule has 0 saturated heterocycles. The molecule has 0 radical (unpaired) electrons. The molecule has 0 saturated carbocycles. The number of ether oxygens (including phenoxy) is 1. The molecule has 0 bridgehead atoms. The van der Waals surface area contributed by atoms with Crippen LogP contribution in [0.4, 0.5) is 0 Å². The van der Waals surface area contributed by atoms with Crippen LogP contribution >= 0.6 is 139 Å². The minimum atomic E-state index is -2.40. The Kier molecular flexibility index (Phi) is 9.62. The summed E-state index contributed by atoms with van der Waals surface area (Å²) in [5.41, 5.74) is -1.59. The zero-order valence-corrected chi connectivity index (χ0v) is 24.3. The summed E-state index contributed by atoms with van der Waals surface area (Å²) in [4.78, 5) is 9.00. The highest BCUT2D eigenvalue weighted by Crippen LogP contribution is 2.54. The minimum Gasteiger partial charge on any atom is -0.497 e. The summed E-state index contributed by atoms with van der Waals surface area (Å²) in [6.07, 6.45) is 2.79. The molecule has 0 amide bonds. The Morgan fingerprint density at radius 2 is 1.38 bits per heavy atom. The first-order valence-corrected chi connectivity index (χ1v) is 12.5. The number of hydrogen-bond acceptors (Lipinski definition) is 4. The summed E-state index contributed by atoms with van der Waals surface area (Å²) in [7, 11) is 1.52. The van der Waals surface area contributed by atoms with Gasteiger partial charge in [-0.25, -0.2) is 9.98 Å². The van der Waals surface area contributed by atoms with Crippen molar-refractivity contribution >= 4 is 157 Å². The fourth-order valence-electron chi connectivity index (χ4n) is 2.50. The molecule has 1 atom stereocenters. The smallest absolute Gasteiger partial charge is 0.271 e. The van der Waals surface area contributed by atoms with Crippen molar-refractivity contribution < 1.29 is 4.74 Å². The summed E-state index contributed by atoms with van der Waals surface area (Å²) >= 11 is 73.8. The second-order valence-corrected chi connectivity index (χ2v) is 15.1. The number of nitrogens with zero attached hydrogens (tertiary/aromatic N) is 3. The third-order valence-electron chi connectivity index (χ3n) is 3.84. The molecule has 0 aromatic heterocycles. The highest BCUT2D eigenvalue weighted by Gasteiger charge is 2.63. The SMILES string of the molecule is COc1ccc(C=CC2(C(Cl)(Cl)Cl)N=C(C(Cl)(Cl)Cl)N=C(C(Cl)(Cl)Cl)N2C(Cl)(Cl)Cl)cc1. The van der Waals surface area contributed by atoms with Gasteiger partial charge in [0.2, 0.25) is 17.0 Å². The van der Waals surface area contributed by atoms with Gasteiger partial charge in [0.25, 0.3) is 3.92 Å². The van der Waals surface area contributed by atoms with Crippen LogP contribution in [0.5, 0.6) is 5.75 Å². The van der Waals surface area contributed by atoms with Crippen LogP contribution in [-0.4, -0.2) is 44.6 Å². The average Bonchev–Trinajstić information content (AvgIpc) is 2.62. The molecule has 1 aromatic carbocycles. The molecule has 16 heteroatoms. The van der Waals surface area contributed by atoms with Crippen LogP contribution in [0.3, 0.4) is 0 Å². The average molecular weight is 685 g/mol. The number of halogens is 12. The fourth-order valence-corrected chi connectivity index (χ4v) is 4.33. The minimum absolute atomic E-state index is 0.486. The van der Waals surface area contributed by atoms with E-state index in [9.17, 15) is 0 Å². The molecule has 0 fully saturated rings. The number of benzene rings is 1. The van der Waals surface area contributed by atoms with E-state index in [1.54, 1.807) is 24.3 Å². The number of rotatable bonds is 3. The molecular formula is C16H9Cl12N3O. The lowest BCUT2D eigenvalue weighted by Gasteiger charge is -2.50. The first-order chi connectivity index (χ1) is 14.3. The largest absolute Gasteiger partial charge is 0.497 e. The number of aliphatic imine (C=N–C) groups is 2. The van der Waals surface area contributed by atoms with Crippen molar-refractivity contribution in [3.8, 4) is 5.75 Å². The van der Waals surface area contributed by atoms with Crippen molar-refractivity contribution in [3.63, 3.8) is 0 Å². The van der Waals surface area contributed by atoms with Crippen LogP contribution in [0.2, 0.25) is 0 Å². The van der Waals surface area contributed by atoms with Gasteiger partial charge in [-0.3, -0.25) is 4.90 Å². The maximum atomic E-state index is 6.34. The van der Waals surface area contributed by atoms with Gasteiger partial charge in [0.05, 0.1) is 7.11 Å². The van der Waals surface area contributed by atoms with Gasteiger partial charge in [0.1, 0.15) is 5.75 Å². The zero-order valence-electron chi connectivity index (χ0n) is 15.2. The van der Waals surface area contributed by atoms with Crippen molar-refractivity contribution in [2.45, 2.75) is 21.0 Å². The van der Waals surface area contributed by atoms with Gasteiger partial charge < -0.3 is 4.74 Å². The molecule has 1 aliphatic heterocycles. The highest BCUT2D eigenvalue weighted by molar-refractivity contribution is 6.80. The van der Waals surface area contributed by atoms with E-state index in [1.165, 1.54) is 19.3 Å². The first-order valence-electron chi connectivity index (χ1n) is 7.93. The maximum absolute atomic E-state index is 6.34. The normalized spacial score (nSPS) is 21.0.